The molecule has 1 aromatic heterocycles. The zero-order chi connectivity index (χ0) is 33.4. The monoisotopic (exact) mass is 659 g/mol. The Balaban J connectivity index is 1.00. The summed E-state index contributed by atoms with van der Waals surface area (Å²) in [5.41, 5.74) is 3.86. The Morgan fingerprint density at radius 3 is 2.40 bits per heavy atom. The molecule has 12 heteroatoms. The number of rotatable bonds is 6. The van der Waals surface area contributed by atoms with Gasteiger partial charge in [-0.05, 0) is 106 Å². The normalized spacial score (nSPS) is 20.9. The van der Waals surface area contributed by atoms with E-state index in [1.165, 1.54) is 18.9 Å². The van der Waals surface area contributed by atoms with E-state index in [4.69, 9.17) is 4.74 Å². The first-order valence-corrected chi connectivity index (χ1v) is 17.4. The minimum Gasteiger partial charge on any atom is -0.436 e. The Bertz CT molecular complexity index is 1650. The molecule has 3 aromatic rings. The molecule has 0 spiro atoms. The molecular formula is C36H46FN7O4. The summed E-state index contributed by atoms with van der Waals surface area (Å²) in [6.45, 7) is 6.75. The van der Waals surface area contributed by atoms with Crippen LogP contribution in [-0.4, -0.2) is 106 Å². The summed E-state index contributed by atoms with van der Waals surface area (Å²) in [5.74, 6) is 0.766. The number of halogens is 1. The summed E-state index contributed by atoms with van der Waals surface area (Å²) in [6.07, 6.45) is 6.12. The van der Waals surface area contributed by atoms with Gasteiger partial charge < -0.3 is 29.7 Å². The Hall–Kier alpha value is -4.19. The Labute approximate surface area is 280 Å². The Morgan fingerprint density at radius 1 is 0.979 bits per heavy atom. The van der Waals surface area contributed by atoms with Crippen molar-refractivity contribution < 1.29 is 23.5 Å². The number of fused-ring (bicyclic) bond motifs is 2. The van der Waals surface area contributed by atoms with Crippen LogP contribution in [0.4, 0.5) is 19.7 Å². The van der Waals surface area contributed by atoms with Gasteiger partial charge in [-0.1, -0.05) is 18.2 Å². The molecule has 4 amide bonds. The van der Waals surface area contributed by atoms with Crippen molar-refractivity contribution in [2.75, 3.05) is 51.6 Å². The lowest BCUT2D eigenvalue weighted by molar-refractivity contribution is -0.142. The van der Waals surface area contributed by atoms with Crippen LogP contribution in [0.5, 0.6) is 0 Å². The second kappa shape index (κ2) is 13.7. The Morgan fingerprint density at radius 2 is 1.67 bits per heavy atom. The lowest BCUT2D eigenvalue weighted by Gasteiger charge is -2.41. The van der Waals surface area contributed by atoms with Crippen molar-refractivity contribution in [3.8, 4) is 0 Å². The van der Waals surface area contributed by atoms with Crippen molar-refractivity contribution >= 4 is 34.6 Å². The highest BCUT2D eigenvalue weighted by molar-refractivity contribution is 5.92. The molecular weight excluding hydrogens is 613 g/mol. The molecule has 11 nitrogen and oxygen atoms in total. The topological polar surface area (TPSA) is 114 Å². The van der Waals surface area contributed by atoms with Gasteiger partial charge in [0.15, 0.2) is 6.10 Å². The fourth-order valence-corrected chi connectivity index (χ4v) is 8.24. The number of hydrogen-bond acceptors (Lipinski definition) is 6. The number of ether oxygens (including phenoxy) is 1. The van der Waals surface area contributed by atoms with Gasteiger partial charge in [0.25, 0.3) is 5.91 Å². The van der Waals surface area contributed by atoms with Crippen LogP contribution < -0.4 is 5.32 Å². The molecule has 1 atom stereocenters. The van der Waals surface area contributed by atoms with Gasteiger partial charge in [0.1, 0.15) is 5.82 Å². The minimum absolute atomic E-state index is 0.0987. The molecule has 1 unspecified atom stereocenters. The van der Waals surface area contributed by atoms with Crippen molar-refractivity contribution in [1.82, 2.24) is 29.8 Å². The van der Waals surface area contributed by atoms with Crippen molar-refractivity contribution in [1.29, 1.82) is 0 Å². The fraction of sp³-hybridized carbons (Fsp3) is 0.556. The van der Waals surface area contributed by atoms with Gasteiger partial charge in [-0.3, -0.25) is 9.89 Å². The number of likely N-dealkylation sites (tertiary alicyclic amines) is 3. The summed E-state index contributed by atoms with van der Waals surface area (Å²) >= 11 is 0. The number of aryl methyl sites for hydroxylation is 1. The van der Waals surface area contributed by atoms with Crippen LogP contribution in [0.2, 0.25) is 0 Å². The van der Waals surface area contributed by atoms with Crippen molar-refractivity contribution in [3.63, 3.8) is 0 Å². The van der Waals surface area contributed by atoms with Gasteiger partial charge in [-0.15, -0.1) is 0 Å². The highest BCUT2D eigenvalue weighted by Gasteiger charge is 2.37. The molecule has 0 bridgehead atoms. The second-order valence-electron chi connectivity index (χ2n) is 14.2. The number of hydrogen-bond donors (Lipinski definition) is 2. The number of anilines is 1. The number of para-hydroxylation sites is 1. The number of amides is 4. The zero-order valence-corrected chi connectivity index (χ0v) is 27.9. The first-order chi connectivity index (χ1) is 23.2. The number of nitrogens with zero attached hydrogens (tertiary/aromatic N) is 5. The highest BCUT2D eigenvalue weighted by Crippen LogP contribution is 2.33. The maximum atomic E-state index is 14.2. The van der Waals surface area contributed by atoms with E-state index in [9.17, 15) is 18.8 Å². The van der Waals surface area contributed by atoms with E-state index in [0.29, 0.717) is 57.4 Å². The van der Waals surface area contributed by atoms with E-state index in [2.05, 4.69) is 27.5 Å². The third-order valence-electron chi connectivity index (χ3n) is 11.1. The molecule has 0 aliphatic carbocycles. The number of carbonyl (C=O) groups is 3. The van der Waals surface area contributed by atoms with Gasteiger partial charge in [0.2, 0.25) is 0 Å². The maximum absolute atomic E-state index is 14.2. The first-order valence-electron chi connectivity index (χ1n) is 17.4. The molecule has 0 saturated carbocycles. The second-order valence-corrected chi connectivity index (χ2v) is 14.2. The molecule has 2 aromatic carbocycles. The number of H-pyrrole nitrogens is 1. The van der Waals surface area contributed by atoms with E-state index in [1.54, 1.807) is 22.1 Å². The van der Waals surface area contributed by atoms with E-state index < -0.39 is 18.0 Å². The molecule has 4 aliphatic rings. The van der Waals surface area contributed by atoms with E-state index in [-0.39, 0.29) is 30.1 Å². The third-order valence-corrected chi connectivity index (χ3v) is 11.1. The lowest BCUT2D eigenvalue weighted by atomic mass is 9.79. The largest absolute Gasteiger partial charge is 0.436 e. The van der Waals surface area contributed by atoms with Gasteiger partial charge in [-0.25, -0.2) is 14.0 Å². The van der Waals surface area contributed by atoms with Crippen LogP contribution in [0.1, 0.15) is 55.2 Å². The average Bonchev–Trinajstić information content (AvgIpc) is 3.58. The molecule has 7 rings (SSSR count). The van der Waals surface area contributed by atoms with Crippen LogP contribution in [0.25, 0.3) is 10.9 Å². The number of nitrogens with one attached hydrogen (secondary N) is 2. The molecule has 48 heavy (non-hydrogen) atoms. The molecule has 2 N–H and O–H groups in total. The fourth-order valence-electron chi connectivity index (χ4n) is 8.24. The van der Waals surface area contributed by atoms with Crippen LogP contribution >= 0.6 is 0 Å². The predicted molar refractivity (Wildman–Crippen MR) is 180 cm³/mol. The van der Waals surface area contributed by atoms with Crippen molar-refractivity contribution in [2.45, 2.75) is 70.6 Å². The molecule has 0 radical (unpaired) electrons. The van der Waals surface area contributed by atoms with Crippen LogP contribution in [0, 0.1) is 24.6 Å². The minimum atomic E-state index is -0.946. The summed E-state index contributed by atoms with van der Waals surface area (Å²) in [4.78, 5) is 48.3. The smallest absolute Gasteiger partial charge is 0.410 e. The molecule has 256 valence electrons. The number of piperidine rings is 3. The lowest BCUT2D eigenvalue weighted by Crippen LogP contribution is -2.52. The van der Waals surface area contributed by atoms with Gasteiger partial charge in [0, 0.05) is 50.6 Å². The van der Waals surface area contributed by atoms with Crippen LogP contribution in [-0.2, 0) is 22.5 Å². The van der Waals surface area contributed by atoms with Gasteiger partial charge in [0.05, 0.1) is 17.4 Å². The van der Waals surface area contributed by atoms with Crippen molar-refractivity contribution in [2.24, 2.45) is 11.8 Å². The number of aromatic amines is 1. The zero-order valence-electron chi connectivity index (χ0n) is 27.9. The molecule has 3 saturated heterocycles. The summed E-state index contributed by atoms with van der Waals surface area (Å²) < 4.78 is 20.3. The SMILES string of the molecule is Cc1cc(CC(OC(=O)N2CCC(N3Cc4cccc(F)c4NC3=O)CC2)C(=O)N2CCC(C3CCN(C)CC3)CC2)cc2cn[nH]c12. The number of benzene rings is 2. The van der Waals surface area contributed by atoms with E-state index >= 15 is 0 Å². The third kappa shape index (κ3) is 6.72. The van der Waals surface area contributed by atoms with Crippen molar-refractivity contribution in [3.05, 3.63) is 59.0 Å². The quantitative estimate of drug-likeness (QED) is 0.379. The predicted octanol–water partition coefficient (Wildman–Crippen LogP) is 5.15. The highest BCUT2D eigenvalue weighted by atomic mass is 19.1. The van der Waals surface area contributed by atoms with Crippen LogP contribution in [0.3, 0.4) is 0 Å². The summed E-state index contributed by atoms with van der Waals surface area (Å²) in [7, 11) is 2.18. The Kier molecular flexibility index (Phi) is 9.26. The molecule has 5 heterocycles. The number of aromatic nitrogens is 2. The van der Waals surface area contributed by atoms with Gasteiger partial charge in [-0.2, -0.15) is 5.10 Å². The standard InChI is InChI=1S/C36H46FN7O4/c1-23-18-24(19-28-21-38-40-32(23)28)20-31(34(45)42-14-8-26(9-15-42)25-6-12-41(2)13-7-25)48-36(47)43-16-10-29(11-17-43)44-22-27-4-3-5-30(37)33(27)39-35(44)46/h3-5,18-19,21,25-26,29,31H,6-17,20,22H2,1-2H3,(H,38,40)(H,39,46). The average molecular weight is 660 g/mol. The first kappa shape index (κ1) is 32.4. The van der Waals surface area contributed by atoms with E-state index in [0.717, 1.165) is 53.5 Å². The van der Waals surface area contributed by atoms with E-state index in [1.807, 2.05) is 30.0 Å². The summed E-state index contributed by atoms with van der Waals surface area (Å²) in [6, 6.07) is 8.41. The summed E-state index contributed by atoms with van der Waals surface area (Å²) in [5, 5.41) is 10.8. The molecule has 3 fully saturated rings. The number of carbonyl (C=O) groups excluding carboxylic acids is 3. The van der Waals surface area contributed by atoms with Crippen LogP contribution in [0.15, 0.2) is 36.5 Å². The number of urea groups is 1. The maximum Gasteiger partial charge on any atom is 0.410 e. The van der Waals surface area contributed by atoms with Gasteiger partial charge >= 0.3 is 12.1 Å². The molecule has 4 aliphatic heterocycles.